The minimum atomic E-state index is -0.571. The van der Waals surface area contributed by atoms with Crippen LogP contribution in [-0.4, -0.2) is 26.2 Å². The number of ether oxygens (including phenoxy) is 2. The summed E-state index contributed by atoms with van der Waals surface area (Å²) in [6.45, 7) is 6.11. The van der Waals surface area contributed by atoms with Gasteiger partial charge in [-0.25, -0.2) is 9.59 Å². The van der Waals surface area contributed by atoms with Crippen LogP contribution < -0.4 is 0 Å². The first-order valence-electron chi connectivity index (χ1n) is 11.2. The van der Waals surface area contributed by atoms with Gasteiger partial charge in [0.05, 0.1) is 25.3 Å². The maximum atomic E-state index is 13.3. The Morgan fingerprint density at radius 1 is 0.788 bits per heavy atom. The van der Waals surface area contributed by atoms with Gasteiger partial charge in [0.25, 0.3) is 0 Å². The largest absolute Gasteiger partial charge is 0.465 e. The molecule has 4 nitrogen and oxygen atoms in total. The highest BCUT2D eigenvalue weighted by molar-refractivity contribution is 6.13. The van der Waals surface area contributed by atoms with E-state index in [2.05, 4.69) is 13.5 Å². The Labute approximate surface area is 195 Å². The fourth-order valence-electron chi connectivity index (χ4n) is 4.31. The summed E-state index contributed by atoms with van der Waals surface area (Å²) in [5.41, 5.74) is 5.63. The van der Waals surface area contributed by atoms with Gasteiger partial charge in [-0.2, -0.15) is 0 Å². The maximum absolute atomic E-state index is 13.3. The van der Waals surface area contributed by atoms with Crippen molar-refractivity contribution in [3.05, 3.63) is 95.6 Å². The van der Waals surface area contributed by atoms with Crippen molar-refractivity contribution in [2.24, 2.45) is 0 Å². The zero-order valence-electron chi connectivity index (χ0n) is 19.5. The number of hydrogen-bond acceptors (Lipinski definition) is 4. The van der Waals surface area contributed by atoms with Crippen LogP contribution in [0, 0.1) is 0 Å². The minimum Gasteiger partial charge on any atom is -0.465 e. The molecule has 0 aliphatic heterocycles. The summed E-state index contributed by atoms with van der Waals surface area (Å²) in [5.74, 6) is -1.13. The van der Waals surface area contributed by atoms with Crippen molar-refractivity contribution in [1.29, 1.82) is 0 Å². The molecule has 0 radical (unpaired) electrons. The van der Waals surface area contributed by atoms with Gasteiger partial charge in [-0.15, -0.1) is 6.58 Å². The number of benzene rings is 3. The first-order chi connectivity index (χ1) is 16.1. The molecule has 0 saturated carbocycles. The third-order valence-electron chi connectivity index (χ3n) is 5.75. The van der Waals surface area contributed by atoms with Crippen LogP contribution in [0.3, 0.4) is 0 Å². The molecular weight excluding hydrogens is 412 g/mol. The molecule has 0 aromatic heterocycles. The zero-order valence-corrected chi connectivity index (χ0v) is 19.5. The molecule has 0 bridgehead atoms. The van der Waals surface area contributed by atoms with Crippen molar-refractivity contribution in [2.75, 3.05) is 14.2 Å². The maximum Gasteiger partial charge on any atom is 0.339 e. The lowest BCUT2D eigenvalue weighted by molar-refractivity contribution is 0.0556. The van der Waals surface area contributed by atoms with E-state index in [1.54, 1.807) is 0 Å². The molecule has 0 N–H and O–H groups in total. The second-order valence-electron chi connectivity index (χ2n) is 7.77. The molecule has 3 aromatic rings. The fraction of sp³-hybridized carbons (Fsp3) is 0.241. The third kappa shape index (κ3) is 4.90. The lowest BCUT2D eigenvalue weighted by atomic mass is 9.79. The quantitative estimate of drug-likeness (QED) is 0.274. The van der Waals surface area contributed by atoms with Crippen LogP contribution in [-0.2, 0) is 22.3 Å². The lowest BCUT2D eigenvalue weighted by Gasteiger charge is -2.25. The third-order valence-corrected chi connectivity index (χ3v) is 5.75. The van der Waals surface area contributed by atoms with Crippen molar-refractivity contribution in [2.45, 2.75) is 32.6 Å². The molecule has 0 aliphatic rings. The summed E-state index contributed by atoms with van der Waals surface area (Å²) in [5, 5.41) is 0. The highest BCUT2D eigenvalue weighted by Gasteiger charge is 2.32. The van der Waals surface area contributed by atoms with Crippen LogP contribution >= 0.6 is 0 Å². The predicted molar refractivity (Wildman–Crippen MR) is 133 cm³/mol. The smallest absolute Gasteiger partial charge is 0.339 e. The van der Waals surface area contributed by atoms with E-state index in [9.17, 15) is 9.59 Å². The number of esters is 2. The van der Waals surface area contributed by atoms with Gasteiger partial charge in [0.2, 0.25) is 0 Å². The predicted octanol–water partition coefficient (Wildman–Crippen LogP) is 6.66. The summed E-state index contributed by atoms with van der Waals surface area (Å²) in [7, 11) is 2.67. The Kier molecular flexibility index (Phi) is 8.20. The summed E-state index contributed by atoms with van der Waals surface area (Å²) < 4.78 is 10.4. The van der Waals surface area contributed by atoms with E-state index in [1.807, 2.05) is 66.7 Å². The fourth-order valence-corrected chi connectivity index (χ4v) is 4.31. The van der Waals surface area contributed by atoms with E-state index >= 15 is 0 Å². The highest BCUT2D eigenvalue weighted by Crippen LogP contribution is 2.42. The van der Waals surface area contributed by atoms with Crippen molar-refractivity contribution in [3.8, 4) is 22.3 Å². The summed E-state index contributed by atoms with van der Waals surface area (Å²) >= 11 is 0. The number of methoxy groups -OCH3 is 2. The average molecular weight is 443 g/mol. The summed E-state index contributed by atoms with van der Waals surface area (Å²) in [4.78, 5) is 26.5. The molecule has 0 spiro atoms. The summed E-state index contributed by atoms with van der Waals surface area (Å²) in [6, 6.07) is 19.3. The van der Waals surface area contributed by atoms with Crippen molar-refractivity contribution >= 4 is 11.9 Å². The van der Waals surface area contributed by atoms with Gasteiger partial charge in [-0.05, 0) is 41.5 Å². The first-order valence-corrected chi connectivity index (χ1v) is 11.2. The molecular formula is C29H30O4. The Hall–Kier alpha value is -3.66. The van der Waals surface area contributed by atoms with Crippen LogP contribution in [0.5, 0.6) is 0 Å². The first kappa shape index (κ1) is 24.0. The van der Waals surface area contributed by atoms with E-state index in [1.165, 1.54) is 14.2 Å². The normalized spacial score (nSPS) is 10.5. The molecule has 0 fully saturated rings. The average Bonchev–Trinajstić information content (AvgIpc) is 2.87. The zero-order chi connectivity index (χ0) is 23.8. The molecule has 0 unspecified atom stereocenters. The molecule has 4 heteroatoms. The Morgan fingerprint density at radius 3 is 1.64 bits per heavy atom. The second-order valence-corrected chi connectivity index (χ2v) is 7.77. The van der Waals surface area contributed by atoms with E-state index in [0.29, 0.717) is 12.0 Å². The van der Waals surface area contributed by atoms with Gasteiger partial charge in [-0.3, -0.25) is 0 Å². The van der Waals surface area contributed by atoms with Gasteiger partial charge in [0, 0.05) is 11.1 Å². The van der Waals surface area contributed by atoms with Gasteiger partial charge in [0.15, 0.2) is 0 Å². The molecule has 0 atom stereocenters. The van der Waals surface area contributed by atoms with Crippen LogP contribution in [0.4, 0.5) is 0 Å². The highest BCUT2D eigenvalue weighted by atomic mass is 16.5. The number of rotatable bonds is 9. The lowest BCUT2D eigenvalue weighted by Crippen LogP contribution is -2.19. The molecule has 170 valence electrons. The van der Waals surface area contributed by atoms with E-state index in [4.69, 9.17) is 9.47 Å². The number of carbonyl (C=O) groups excluding carboxylic acids is 2. The molecule has 0 heterocycles. The molecule has 0 amide bonds. The van der Waals surface area contributed by atoms with Crippen LogP contribution in [0.25, 0.3) is 22.3 Å². The summed E-state index contributed by atoms with van der Waals surface area (Å²) in [6.07, 6.45) is 5.08. The second kappa shape index (κ2) is 11.3. The van der Waals surface area contributed by atoms with Gasteiger partial charge in [-0.1, -0.05) is 80.1 Å². The number of carbonyl (C=O) groups is 2. The van der Waals surface area contributed by atoms with Gasteiger partial charge >= 0.3 is 11.9 Å². The monoisotopic (exact) mass is 442 g/mol. The standard InChI is InChI=1S/C29H30O4/c1-5-7-19-23-22(14-6-2)24(20-15-10-8-11-16-20)26(28(30)32-3)27(29(31)33-4)25(23)21-17-12-9-13-18-21/h6,8-13,15-18H,2,5,7,14,19H2,1,3-4H3. The molecule has 3 aromatic carbocycles. The van der Waals surface area contributed by atoms with Crippen LogP contribution in [0.15, 0.2) is 73.3 Å². The van der Waals surface area contributed by atoms with E-state index in [0.717, 1.165) is 47.1 Å². The molecule has 3 rings (SSSR count). The van der Waals surface area contributed by atoms with Gasteiger partial charge < -0.3 is 9.47 Å². The number of hydrogen-bond donors (Lipinski definition) is 0. The van der Waals surface area contributed by atoms with Crippen molar-refractivity contribution in [3.63, 3.8) is 0 Å². The van der Waals surface area contributed by atoms with Crippen molar-refractivity contribution in [1.82, 2.24) is 0 Å². The Bertz CT molecular complexity index is 1130. The molecule has 0 aliphatic carbocycles. The van der Waals surface area contributed by atoms with Crippen molar-refractivity contribution < 1.29 is 19.1 Å². The molecule has 0 saturated heterocycles. The molecule has 33 heavy (non-hydrogen) atoms. The minimum absolute atomic E-state index is 0.228. The van der Waals surface area contributed by atoms with Crippen LogP contribution in [0.2, 0.25) is 0 Å². The number of allylic oxidation sites excluding steroid dienone is 1. The number of unbranched alkanes of at least 4 members (excludes halogenated alkanes) is 1. The Balaban J connectivity index is 2.62. The Morgan fingerprint density at radius 2 is 1.24 bits per heavy atom. The van der Waals surface area contributed by atoms with Gasteiger partial charge in [0.1, 0.15) is 0 Å². The topological polar surface area (TPSA) is 52.6 Å². The van der Waals surface area contributed by atoms with E-state index < -0.39 is 11.9 Å². The van der Waals surface area contributed by atoms with Crippen LogP contribution in [0.1, 0.15) is 51.6 Å². The van der Waals surface area contributed by atoms with E-state index in [-0.39, 0.29) is 11.1 Å². The SMILES string of the molecule is C=CCc1c(CCCC)c(-c2ccccc2)c(C(=O)OC)c(C(=O)OC)c1-c1ccccc1.